The van der Waals surface area contributed by atoms with Crippen molar-refractivity contribution < 1.29 is 0 Å². The highest BCUT2D eigenvalue weighted by atomic mass is 79.9. The molecule has 23 heavy (non-hydrogen) atoms. The predicted molar refractivity (Wildman–Crippen MR) is 103 cm³/mol. The number of hydrogen-bond donors (Lipinski definition) is 0. The molecule has 2 aromatic carbocycles. The minimum atomic E-state index is 0.402. The second-order valence-corrected chi connectivity index (χ2v) is 8.78. The Kier molecular flexibility index (Phi) is 4.15. The number of hydrogen-bond acceptors (Lipinski definition) is 1. The van der Waals surface area contributed by atoms with Gasteiger partial charge in [0, 0.05) is 34.0 Å². The van der Waals surface area contributed by atoms with Gasteiger partial charge in [0.15, 0.2) is 0 Å². The molecule has 0 N–H and O–H groups in total. The lowest BCUT2D eigenvalue weighted by molar-refractivity contribution is 0.262. The molecule has 1 nitrogen and oxygen atoms in total. The lowest BCUT2D eigenvalue weighted by Gasteiger charge is -2.27. The Labute approximate surface area is 155 Å². The van der Waals surface area contributed by atoms with Crippen LogP contribution in [0.15, 0.2) is 57.5 Å². The molecule has 2 aliphatic rings. The molecule has 120 valence electrons. The van der Waals surface area contributed by atoms with Gasteiger partial charge in [-0.3, -0.25) is 4.90 Å². The molecule has 0 bridgehead atoms. The van der Waals surface area contributed by atoms with Gasteiger partial charge < -0.3 is 0 Å². The number of piperidine rings is 1. The maximum absolute atomic E-state index is 3.66. The molecular weight excluding hydrogens is 414 g/mol. The smallest absolute Gasteiger partial charge is 0.0233 e. The normalized spacial score (nSPS) is 29.5. The molecule has 4 rings (SSSR count). The minimum absolute atomic E-state index is 0.402. The Hall–Kier alpha value is -0.640. The summed E-state index contributed by atoms with van der Waals surface area (Å²) < 4.78 is 2.36. The average molecular weight is 435 g/mol. The molecular formula is C20H21Br2N. The monoisotopic (exact) mass is 433 g/mol. The number of nitrogens with zero attached hydrogens (tertiary/aromatic N) is 1. The van der Waals surface area contributed by atoms with Crippen molar-refractivity contribution in [2.75, 3.05) is 13.1 Å². The molecule has 3 heteroatoms. The van der Waals surface area contributed by atoms with E-state index in [1.54, 1.807) is 0 Å². The van der Waals surface area contributed by atoms with Crippen LogP contribution in [0.5, 0.6) is 0 Å². The van der Waals surface area contributed by atoms with Crippen LogP contribution < -0.4 is 0 Å². The first-order chi connectivity index (χ1) is 11.1. The molecule has 1 heterocycles. The summed E-state index contributed by atoms with van der Waals surface area (Å²) in [6, 6.07) is 17.6. The van der Waals surface area contributed by atoms with Crippen LogP contribution in [0, 0.1) is 11.8 Å². The molecule has 0 aromatic heterocycles. The fourth-order valence-electron chi connectivity index (χ4n) is 4.77. The van der Waals surface area contributed by atoms with Crippen molar-refractivity contribution in [3.63, 3.8) is 0 Å². The van der Waals surface area contributed by atoms with Crippen LogP contribution in [-0.2, 0) is 12.0 Å². The van der Waals surface area contributed by atoms with Gasteiger partial charge in [0.25, 0.3) is 0 Å². The van der Waals surface area contributed by atoms with E-state index in [9.17, 15) is 0 Å². The Morgan fingerprint density at radius 3 is 2.17 bits per heavy atom. The van der Waals surface area contributed by atoms with E-state index in [4.69, 9.17) is 0 Å². The number of fused-ring (bicyclic) bond motifs is 1. The van der Waals surface area contributed by atoms with E-state index in [0.29, 0.717) is 5.41 Å². The fraction of sp³-hybridized carbons (Fsp3) is 0.400. The lowest BCUT2D eigenvalue weighted by Crippen LogP contribution is -2.29. The molecule has 1 aliphatic heterocycles. The second kappa shape index (κ2) is 6.02. The van der Waals surface area contributed by atoms with E-state index >= 15 is 0 Å². The highest BCUT2D eigenvalue weighted by Gasteiger charge is 2.67. The van der Waals surface area contributed by atoms with Crippen LogP contribution in [0.25, 0.3) is 0 Å². The number of halogens is 2. The summed E-state index contributed by atoms with van der Waals surface area (Å²) in [6.45, 7) is 5.92. The zero-order chi connectivity index (χ0) is 16.0. The van der Waals surface area contributed by atoms with Gasteiger partial charge in [0.05, 0.1) is 0 Å². The Balaban J connectivity index is 1.51. The molecule has 1 saturated carbocycles. The van der Waals surface area contributed by atoms with Crippen molar-refractivity contribution in [2.24, 2.45) is 11.8 Å². The van der Waals surface area contributed by atoms with Crippen molar-refractivity contribution in [3.8, 4) is 0 Å². The Morgan fingerprint density at radius 1 is 1.00 bits per heavy atom. The van der Waals surface area contributed by atoms with Gasteiger partial charge in [0.2, 0.25) is 0 Å². The van der Waals surface area contributed by atoms with Gasteiger partial charge in [-0.2, -0.15) is 0 Å². The van der Waals surface area contributed by atoms with Crippen LogP contribution in [-0.4, -0.2) is 18.0 Å². The second-order valence-electron chi connectivity index (χ2n) is 6.94. The summed E-state index contributed by atoms with van der Waals surface area (Å²) in [4.78, 5) is 2.63. The topological polar surface area (TPSA) is 3.24 Å². The summed E-state index contributed by atoms with van der Waals surface area (Å²) in [6.07, 6.45) is 1.24. The quantitative estimate of drug-likeness (QED) is 0.603. The van der Waals surface area contributed by atoms with E-state index in [1.807, 2.05) is 0 Å². The third kappa shape index (κ3) is 2.71. The third-order valence-electron chi connectivity index (χ3n) is 5.84. The summed E-state index contributed by atoms with van der Waals surface area (Å²) in [5.41, 5.74) is 3.34. The van der Waals surface area contributed by atoms with Gasteiger partial charge in [-0.1, -0.05) is 69.1 Å². The van der Waals surface area contributed by atoms with Crippen LogP contribution in [0.3, 0.4) is 0 Å². The highest BCUT2D eigenvalue weighted by Crippen LogP contribution is 2.65. The molecule has 2 unspecified atom stereocenters. The maximum atomic E-state index is 3.66. The Bertz CT molecular complexity index is 681. The standard InChI is InChI=1S/C20H21Br2N/c1-2-20(15-8-16(21)10-17(22)9-15)18-12-23(13-19(18)20)11-14-6-4-3-5-7-14/h3-10,18-19H,2,11-13H2,1H3. The molecule has 1 saturated heterocycles. The van der Waals surface area contributed by atoms with Gasteiger partial charge >= 0.3 is 0 Å². The molecule has 1 aliphatic carbocycles. The molecule has 0 radical (unpaired) electrons. The van der Waals surface area contributed by atoms with Gasteiger partial charge in [-0.25, -0.2) is 0 Å². The molecule has 2 aromatic rings. The van der Waals surface area contributed by atoms with Crippen LogP contribution in [0.2, 0.25) is 0 Å². The van der Waals surface area contributed by atoms with Crippen molar-refractivity contribution in [1.29, 1.82) is 0 Å². The highest BCUT2D eigenvalue weighted by molar-refractivity contribution is 9.11. The summed E-state index contributed by atoms with van der Waals surface area (Å²) in [5, 5.41) is 0. The average Bonchev–Trinajstić information content (AvgIpc) is 2.92. The molecule has 2 atom stereocenters. The van der Waals surface area contributed by atoms with E-state index < -0.39 is 0 Å². The largest absolute Gasteiger partial charge is 0.298 e. The van der Waals surface area contributed by atoms with E-state index in [-0.39, 0.29) is 0 Å². The van der Waals surface area contributed by atoms with Crippen molar-refractivity contribution in [3.05, 3.63) is 68.6 Å². The van der Waals surface area contributed by atoms with Crippen molar-refractivity contribution >= 4 is 31.9 Å². The number of rotatable bonds is 4. The van der Waals surface area contributed by atoms with E-state index in [0.717, 1.165) is 18.4 Å². The first kappa shape index (κ1) is 15.9. The van der Waals surface area contributed by atoms with Crippen LogP contribution in [0.4, 0.5) is 0 Å². The SMILES string of the molecule is CCC1(c2cc(Br)cc(Br)c2)C2CN(Cc3ccccc3)CC21. The van der Waals surface area contributed by atoms with Gasteiger partial charge in [-0.05, 0) is 47.6 Å². The predicted octanol–water partition coefficient (Wildman–Crippen LogP) is 5.62. The van der Waals surface area contributed by atoms with E-state index in [2.05, 4.69) is 92.2 Å². The first-order valence-corrected chi connectivity index (χ1v) is 9.95. The summed E-state index contributed by atoms with van der Waals surface area (Å²) in [7, 11) is 0. The zero-order valence-electron chi connectivity index (χ0n) is 13.3. The summed E-state index contributed by atoms with van der Waals surface area (Å²) in [5.74, 6) is 1.63. The Morgan fingerprint density at radius 2 is 1.61 bits per heavy atom. The van der Waals surface area contributed by atoms with Gasteiger partial charge in [-0.15, -0.1) is 0 Å². The molecule has 0 spiro atoms. The van der Waals surface area contributed by atoms with Crippen LogP contribution in [0.1, 0.15) is 24.5 Å². The minimum Gasteiger partial charge on any atom is -0.298 e. The van der Waals surface area contributed by atoms with E-state index in [1.165, 1.54) is 39.6 Å². The van der Waals surface area contributed by atoms with Gasteiger partial charge in [0.1, 0.15) is 0 Å². The van der Waals surface area contributed by atoms with Crippen molar-refractivity contribution in [2.45, 2.75) is 25.3 Å². The molecule has 0 amide bonds. The zero-order valence-corrected chi connectivity index (χ0v) is 16.5. The van der Waals surface area contributed by atoms with Crippen LogP contribution >= 0.6 is 31.9 Å². The summed E-state index contributed by atoms with van der Waals surface area (Å²) >= 11 is 7.32. The first-order valence-electron chi connectivity index (χ1n) is 8.36. The third-order valence-corrected chi connectivity index (χ3v) is 6.76. The molecule has 2 fully saturated rings. The van der Waals surface area contributed by atoms with Crippen molar-refractivity contribution in [1.82, 2.24) is 4.90 Å². The number of benzene rings is 2. The maximum Gasteiger partial charge on any atom is 0.0233 e. The number of likely N-dealkylation sites (tertiary alicyclic amines) is 1. The lowest BCUT2D eigenvalue weighted by atomic mass is 9.87. The fourth-order valence-corrected chi connectivity index (χ4v) is 6.06.